The van der Waals surface area contributed by atoms with Crippen LogP contribution in [0.5, 0.6) is 0 Å². The number of benzene rings is 1. The summed E-state index contributed by atoms with van der Waals surface area (Å²) in [5, 5.41) is 5.57. The summed E-state index contributed by atoms with van der Waals surface area (Å²) in [5.41, 5.74) is 0.850. The first-order chi connectivity index (χ1) is 13.2. The van der Waals surface area contributed by atoms with Crippen molar-refractivity contribution < 1.29 is 18.0 Å². The number of nitrogens with zero attached hydrogens (tertiary/aromatic N) is 1. The second kappa shape index (κ2) is 8.69. The first-order valence-corrected chi connectivity index (χ1v) is 11.8. The first kappa shape index (κ1) is 20.9. The van der Waals surface area contributed by atoms with E-state index in [4.69, 9.17) is 11.6 Å². The van der Waals surface area contributed by atoms with Crippen LogP contribution in [0, 0.1) is 0 Å². The Labute approximate surface area is 170 Å². The normalized spacial score (nSPS) is 21.9. The smallest absolute Gasteiger partial charge is 0.319 e. The zero-order valence-electron chi connectivity index (χ0n) is 15.9. The van der Waals surface area contributed by atoms with Crippen LogP contribution in [0.2, 0.25) is 5.02 Å². The summed E-state index contributed by atoms with van der Waals surface area (Å²) in [6, 6.07) is 4.14. The van der Waals surface area contributed by atoms with Crippen LogP contribution in [0.15, 0.2) is 18.2 Å². The molecule has 0 spiro atoms. The number of carbonyl (C=O) groups is 2. The highest BCUT2D eigenvalue weighted by Gasteiger charge is 2.29. The molecule has 0 unspecified atom stereocenters. The molecule has 1 aliphatic carbocycles. The third-order valence-electron chi connectivity index (χ3n) is 5.47. The van der Waals surface area contributed by atoms with Crippen molar-refractivity contribution in [3.8, 4) is 0 Å². The Bertz CT molecular complexity index is 853. The molecule has 0 radical (unpaired) electrons. The van der Waals surface area contributed by atoms with E-state index in [0.29, 0.717) is 17.7 Å². The average Bonchev–Trinajstić information content (AvgIpc) is 2.99. The lowest BCUT2D eigenvalue weighted by Crippen LogP contribution is -2.39. The van der Waals surface area contributed by atoms with Crippen LogP contribution in [-0.2, 0) is 9.84 Å². The predicted molar refractivity (Wildman–Crippen MR) is 110 cm³/mol. The molecule has 0 bridgehead atoms. The molecule has 1 aromatic carbocycles. The molecule has 28 heavy (non-hydrogen) atoms. The third kappa shape index (κ3) is 5.17. The van der Waals surface area contributed by atoms with E-state index in [1.165, 1.54) is 12.5 Å². The van der Waals surface area contributed by atoms with Gasteiger partial charge < -0.3 is 15.5 Å². The Kier molecular flexibility index (Phi) is 6.50. The van der Waals surface area contributed by atoms with Crippen LogP contribution in [-0.4, -0.2) is 55.9 Å². The molecule has 1 saturated carbocycles. The minimum atomic E-state index is -3.06. The van der Waals surface area contributed by atoms with Gasteiger partial charge in [0.25, 0.3) is 5.91 Å². The van der Waals surface area contributed by atoms with E-state index in [2.05, 4.69) is 10.6 Å². The SMILES string of the molecule is CN(C(=O)c1ccc(NC(=O)N[C@H]2CCS(=O)(=O)C2)cc1Cl)C1CCCCC1. The number of halogens is 1. The minimum absolute atomic E-state index is 0.0396. The van der Waals surface area contributed by atoms with Crippen LogP contribution in [0.4, 0.5) is 10.5 Å². The second-order valence-corrected chi connectivity index (χ2v) is 10.2. The van der Waals surface area contributed by atoms with E-state index in [1.54, 1.807) is 17.0 Å². The summed E-state index contributed by atoms with van der Waals surface area (Å²) in [7, 11) is -1.25. The van der Waals surface area contributed by atoms with Gasteiger partial charge in [0, 0.05) is 24.8 Å². The molecule has 154 valence electrons. The number of hydrogen-bond donors (Lipinski definition) is 2. The van der Waals surface area contributed by atoms with Crippen LogP contribution < -0.4 is 10.6 Å². The molecular formula is C19H26ClN3O4S. The van der Waals surface area contributed by atoms with Gasteiger partial charge in [-0.1, -0.05) is 30.9 Å². The monoisotopic (exact) mass is 427 g/mol. The topological polar surface area (TPSA) is 95.6 Å². The van der Waals surface area contributed by atoms with Gasteiger partial charge in [0.1, 0.15) is 0 Å². The van der Waals surface area contributed by atoms with Gasteiger partial charge in [-0.15, -0.1) is 0 Å². The molecule has 9 heteroatoms. The van der Waals surface area contributed by atoms with Crippen LogP contribution in [0.25, 0.3) is 0 Å². The van der Waals surface area contributed by atoms with Crippen molar-refractivity contribution in [1.82, 2.24) is 10.2 Å². The van der Waals surface area contributed by atoms with Gasteiger partial charge in [-0.25, -0.2) is 13.2 Å². The van der Waals surface area contributed by atoms with Gasteiger partial charge in [0.05, 0.1) is 22.1 Å². The number of hydrogen-bond acceptors (Lipinski definition) is 4. The van der Waals surface area contributed by atoms with Crippen molar-refractivity contribution in [2.75, 3.05) is 23.9 Å². The van der Waals surface area contributed by atoms with Crippen LogP contribution >= 0.6 is 11.6 Å². The van der Waals surface area contributed by atoms with Gasteiger partial charge in [-0.3, -0.25) is 4.79 Å². The summed E-state index contributed by atoms with van der Waals surface area (Å²) in [5.74, 6) is -0.0684. The Morgan fingerprint density at radius 3 is 2.46 bits per heavy atom. The number of amides is 3. The van der Waals surface area contributed by atoms with Crippen molar-refractivity contribution >= 4 is 39.1 Å². The fourth-order valence-electron chi connectivity index (χ4n) is 3.85. The highest BCUT2D eigenvalue weighted by atomic mass is 35.5. The summed E-state index contributed by atoms with van der Waals surface area (Å²) < 4.78 is 22.9. The fraction of sp³-hybridized carbons (Fsp3) is 0.579. The largest absolute Gasteiger partial charge is 0.339 e. The molecule has 3 rings (SSSR count). The molecule has 1 heterocycles. The lowest BCUT2D eigenvalue weighted by atomic mass is 9.94. The Morgan fingerprint density at radius 2 is 1.86 bits per heavy atom. The van der Waals surface area contributed by atoms with Crippen molar-refractivity contribution in [1.29, 1.82) is 0 Å². The van der Waals surface area contributed by atoms with E-state index >= 15 is 0 Å². The molecule has 1 aliphatic heterocycles. The fourth-order valence-corrected chi connectivity index (χ4v) is 5.79. The van der Waals surface area contributed by atoms with E-state index in [9.17, 15) is 18.0 Å². The molecule has 2 N–H and O–H groups in total. The standard InChI is InChI=1S/C19H26ClN3O4S/c1-23(15-5-3-2-4-6-15)18(24)16-8-7-13(11-17(16)20)21-19(25)22-14-9-10-28(26,27)12-14/h7-8,11,14-15H,2-6,9-10,12H2,1H3,(H2,21,22,25)/t14-/m0/s1. The van der Waals surface area contributed by atoms with Crippen LogP contribution in [0.3, 0.4) is 0 Å². The highest BCUT2D eigenvalue weighted by Crippen LogP contribution is 2.26. The molecular weight excluding hydrogens is 402 g/mol. The first-order valence-electron chi connectivity index (χ1n) is 9.60. The lowest BCUT2D eigenvalue weighted by molar-refractivity contribution is 0.0696. The summed E-state index contributed by atoms with van der Waals surface area (Å²) in [6.45, 7) is 0. The number of carbonyl (C=O) groups excluding carboxylic acids is 2. The number of sulfone groups is 1. The van der Waals surface area contributed by atoms with Gasteiger partial charge in [-0.05, 0) is 37.5 Å². The number of rotatable bonds is 4. The van der Waals surface area contributed by atoms with E-state index in [0.717, 1.165) is 25.7 Å². The zero-order chi connectivity index (χ0) is 20.3. The molecule has 3 amide bonds. The Balaban J connectivity index is 1.60. The summed E-state index contributed by atoms with van der Waals surface area (Å²) in [4.78, 5) is 26.6. The predicted octanol–water partition coefficient (Wildman–Crippen LogP) is 3.05. The minimum Gasteiger partial charge on any atom is -0.339 e. The van der Waals surface area contributed by atoms with Gasteiger partial charge in [-0.2, -0.15) is 0 Å². The Hall–Kier alpha value is -1.80. The Morgan fingerprint density at radius 1 is 1.14 bits per heavy atom. The number of anilines is 1. The van der Waals surface area contributed by atoms with E-state index < -0.39 is 15.9 Å². The van der Waals surface area contributed by atoms with E-state index in [1.807, 2.05) is 7.05 Å². The quantitative estimate of drug-likeness (QED) is 0.771. The van der Waals surface area contributed by atoms with E-state index in [-0.39, 0.29) is 34.5 Å². The maximum Gasteiger partial charge on any atom is 0.319 e. The number of nitrogens with one attached hydrogen (secondary N) is 2. The zero-order valence-corrected chi connectivity index (χ0v) is 17.5. The van der Waals surface area contributed by atoms with Crippen molar-refractivity contribution in [3.05, 3.63) is 28.8 Å². The van der Waals surface area contributed by atoms with Crippen LogP contribution in [0.1, 0.15) is 48.9 Å². The van der Waals surface area contributed by atoms with Gasteiger partial charge >= 0.3 is 6.03 Å². The molecule has 1 atom stereocenters. The molecule has 0 aromatic heterocycles. The molecule has 1 saturated heterocycles. The van der Waals surface area contributed by atoms with Gasteiger partial charge in [0.15, 0.2) is 9.84 Å². The summed E-state index contributed by atoms with van der Waals surface area (Å²) in [6.07, 6.45) is 5.92. The average molecular weight is 428 g/mol. The highest BCUT2D eigenvalue weighted by molar-refractivity contribution is 7.91. The second-order valence-electron chi connectivity index (χ2n) is 7.60. The third-order valence-corrected chi connectivity index (χ3v) is 7.55. The van der Waals surface area contributed by atoms with Crippen molar-refractivity contribution in [2.24, 2.45) is 0 Å². The van der Waals surface area contributed by atoms with Crippen molar-refractivity contribution in [2.45, 2.75) is 50.6 Å². The van der Waals surface area contributed by atoms with Gasteiger partial charge in [0.2, 0.25) is 0 Å². The number of urea groups is 1. The maximum absolute atomic E-state index is 12.8. The van der Waals surface area contributed by atoms with Crippen molar-refractivity contribution in [3.63, 3.8) is 0 Å². The summed E-state index contributed by atoms with van der Waals surface area (Å²) >= 11 is 6.30. The maximum atomic E-state index is 12.8. The lowest BCUT2D eigenvalue weighted by Gasteiger charge is -2.31. The molecule has 2 aliphatic rings. The molecule has 2 fully saturated rings. The molecule has 7 nitrogen and oxygen atoms in total. The molecule has 1 aromatic rings.